The Balaban J connectivity index is 1.86. The van der Waals surface area contributed by atoms with Crippen LogP contribution in [0.3, 0.4) is 0 Å². The fourth-order valence-electron chi connectivity index (χ4n) is 2.35. The first kappa shape index (κ1) is 18.2. The summed E-state index contributed by atoms with van der Waals surface area (Å²) in [4.78, 5) is 23.2. The van der Waals surface area contributed by atoms with Crippen LogP contribution in [-0.4, -0.2) is 27.0 Å². The quantitative estimate of drug-likeness (QED) is 0.589. The lowest BCUT2D eigenvalue weighted by Gasteiger charge is -2.21. The molecular formula is C19H17ClN4OS. The van der Waals surface area contributed by atoms with Crippen molar-refractivity contribution >= 4 is 35.0 Å². The van der Waals surface area contributed by atoms with Gasteiger partial charge in [-0.15, -0.1) is 6.58 Å². The molecule has 132 valence electrons. The number of hydrogen-bond donors (Lipinski definition) is 0. The zero-order valence-electron chi connectivity index (χ0n) is 14.2. The normalized spacial score (nSPS) is 10.5. The van der Waals surface area contributed by atoms with E-state index in [-0.39, 0.29) is 5.91 Å². The third-order valence-corrected chi connectivity index (χ3v) is 5.14. The zero-order chi connectivity index (χ0) is 18.5. The van der Waals surface area contributed by atoms with Crippen molar-refractivity contribution < 1.29 is 4.79 Å². The fraction of sp³-hybridized carbons (Fsp3) is 0.105. The first-order valence-electron chi connectivity index (χ1n) is 7.88. The smallest absolute Gasteiger partial charge is 0.260 e. The summed E-state index contributed by atoms with van der Waals surface area (Å²) < 4.78 is 1.88. The molecule has 0 aliphatic carbocycles. The minimum atomic E-state index is -0.181. The largest absolute Gasteiger partial charge is 0.329 e. The molecule has 2 aromatic heterocycles. The third-order valence-electron chi connectivity index (χ3n) is 3.64. The monoisotopic (exact) mass is 384 g/mol. The molecule has 0 saturated heterocycles. The number of halogens is 1. The maximum absolute atomic E-state index is 12.9. The van der Waals surface area contributed by atoms with Gasteiger partial charge in [0.25, 0.3) is 5.91 Å². The van der Waals surface area contributed by atoms with E-state index in [1.165, 1.54) is 11.8 Å². The number of rotatable bonds is 6. The second kappa shape index (κ2) is 8.21. The van der Waals surface area contributed by atoms with E-state index in [9.17, 15) is 4.79 Å². The van der Waals surface area contributed by atoms with Crippen LogP contribution >= 0.6 is 23.4 Å². The molecule has 0 spiro atoms. The summed E-state index contributed by atoms with van der Waals surface area (Å²) in [5.74, 6) is -0.181. The molecule has 1 aromatic carbocycles. The van der Waals surface area contributed by atoms with E-state index < -0.39 is 0 Å². The van der Waals surface area contributed by atoms with Gasteiger partial charge in [0.2, 0.25) is 0 Å². The van der Waals surface area contributed by atoms with Crippen molar-refractivity contribution in [2.75, 3.05) is 11.4 Å². The van der Waals surface area contributed by atoms with E-state index >= 15 is 0 Å². The van der Waals surface area contributed by atoms with Crippen LogP contribution in [0.15, 0.2) is 77.8 Å². The molecule has 3 aromatic rings. The van der Waals surface area contributed by atoms with Crippen LogP contribution < -0.4 is 4.90 Å². The first-order valence-corrected chi connectivity index (χ1v) is 9.08. The van der Waals surface area contributed by atoms with Gasteiger partial charge in [-0.3, -0.25) is 4.79 Å². The van der Waals surface area contributed by atoms with Gasteiger partial charge in [0.05, 0.1) is 10.6 Å². The molecule has 0 saturated carbocycles. The molecule has 26 heavy (non-hydrogen) atoms. The molecular weight excluding hydrogens is 368 g/mol. The number of aromatic nitrogens is 3. The molecule has 0 fully saturated rings. The Bertz CT molecular complexity index is 926. The summed E-state index contributed by atoms with van der Waals surface area (Å²) in [5.41, 5.74) is 1.21. The number of imidazole rings is 1. The van der Waals surface area contributed by atoms with Crippen LogP contribution in [0.5, 0.6) is 0 Å². The van der Waals surface area contributed by atoms with Crippen molar-refractivity contribution in [3.05, 3.63) is 78.2 Å². The maximum atomic E-state index is 12.9. The number of carbonyl (C=O) groups is 1. The molecule has 3 rings (SSSR count). The standard InChI is InChI=1S/C19H17ClN4OS/c1-3-10-24(15-7-5-4-6-8-15)18(25)14-12-16(20)17(22-13-14)26-19-21-9-11-23(19)2/h3-9,11-13H,1,10H2,2H3. The van der Waals surface area contributed by atoms with Crippen molar-refractivity contribution in [2.24, 2.45) is 7.05 Å². The minimum Gasteiger partial charge on any atom is -0.329 e. The van der Waals surface area contributed by atoms with Gasteiger partial charge in [-0.05, 0) is 30.0 Å². The van der Waals surface area contributed by atoms with E-state index in [1.54, 1.807) is 29.4 Å². The number of hydrogen-bond acceptors (Lipinski definition) is 4. The number of carbonyl (C=O) groups excluding carboxylic acids is 1. The van der Waals surface area contributed by atoms with E-state index in [4.69, 9.17) is 11.6 Å². The number of pyridine rings is 1. The number of benzene rings is 1. The van der Waals surface area contributed by atoms with Crippen LogP contribution in [0, 0.1) is 0 Å². The molecule has 7 heteroatoms. The number of anilines is 1. The molecule has 0 unspecified atom stereocenters. The van der Waals surface area contributed by atoms with E-state index in [1.807, 2.05) is 48.1 Å². The van der Waals surface area contributed by atoms with E-state index in [0.29, 0.717) is 22.2 Å². The van der Waals surface area contributed by atoms with Gasteiger partial charge in [-0.1, -0.05) is 35.9 Å². The van der Waals surface area contributed by atoms with Gasteiger partial charge in [0, 0.05) is 37.9 Å². The average Bonchev–Trinajstić information content (AvgIpc) is 3.06. The lowest BCUT2D eigenvalue weighted by Crippen LogP contribution is -2.31. The highest BCUT2D eigenvalue weighted by Crippen LogP contribution is 2.31. The summed E-state index contributed by atoms with van der Waals surface area (Å²) in [6, 6.07) is 11.1. The Morgan fingerprint density at radius 3 is 2.73 bits per heavy atom. The highest BCUT2D eigenvalue weighted by molar-refractivity contribution is 7.99. The van der Waals surface area contributed by atoms with E-state index in [0.717, 1.165) is 10.8 Å². The van der Waals surface area contributed by atoms with Crippen molar-refractivity contribution in [1.29, 1.82) is 0 Å². The van der Waals surface area contributed by atoms with Crippen molar-refractivity contribution in [2.45, 2.75) is 10.2 Å². The van der Waals surface area contributed by atoms with Crippen LogP contribution in [0.2, 0.25) is 5.02 Å². The SMILES string of the molecule is C=CCN(C(=O)c1cnc(Sc2nccn2C)c(Cl)c1)c1ccccc1. The molecule has 0 aliphatic rings. The Kier molecular flexibility index (Phi) is 5.75. The Hall–Kier alpha value is -2.57. The highest BCUT2D eigenvalue weighted by Gasteiger charge is 2.19. The number of para-hydroxylation sites is 1. The average molecular weight is 385 g/mol. The van der Waals surface area contributed by atoms with Crippen molar-refractivity contribution in [1.82, 2.24) is 14.5 Å². The molecule has 0 bridgehead atoms. The zero-order valence-corrected chi connectivity index (χ0v) is 15.7. The lowest BCUT2D eigenvalue weighted by molar-refractivity contribution is 0.0989. The van der Waals surface area contributed by atoms with Gasteiger partial charge in [0.1, 0.15) is 5.03 Å². The van der Waals surface area contributed by atoms with Crippen molar-refractivity contribution in [3.8, 4) is 0 Å². The molecule has 2 heterocycles. The predicted octanol–water partition coefficient (Wildman–Crippen LogP) is 4.45. The molecule has 0 radical (unpaired) electrons. The topological polar surface area (TPSA) is 51.0 Å². The number of aryl methyl sites for hydroxylation is 1. The van der Waals surface area contributed by atoms with E-state index in [2.05, 4.69) is 16.5 Å². The summed E-state index contributed by atoms with van der Waals surface area (Å²) in [7, 11) is 1.90. The van der Waals surface area contributed by atoms with Gasteiger partial charge >= 0.3 is 0 Å². The second-order valence-corrected chi connectivity index (χ2v) is 6.84. The third kappa shape index (κ3) is 3.98. The van der Waals surface area contributed by atoms with Gasteiger partial charge in [-0.25, -0.2) is 9.97 Å². The van der Waals surface area contributed by atoms with Crippen molar-refractivity contribution in [3.63, 3.8) is 0 Å². The summed E-state index contributed by atoms with van der Waals surface area (Å²) >= 11 is 7.71. The number of amides is 1. The second-order valence-electron chi connectivity index (χ2n) is 5.47. The Labute approximate surface area is 161 Å². The molecule has 1 amide bonds. The lowest BCUT2D eigenvalue weighted by atomic mass is 10.2. The van der Waals surface area contributed by atoms with Crippen LogP contribution in [0.1, 0.15) is 10.4 Å². The first-order chi connectivity index (χ1) is 12.6. The van der Waals surface area contributed by atoms with Crippen LogP contribution in [0.25, 0.3) is 0 Å². The van der Waals surface area contributed by atoms with Gasteiger partial charge in [-0.2, -0.15) is 0 Å². The summed E-state index contributed by atoms with van der Waals surface area (Å²) in [5, 5.41) is 1.79. The van der Waals surface area contributed by atoms with Crippen LogP contribution in [0.4, 0.5) is 5.69 Å². The Morgan fingerprint density at radius 2 is 2.12 bits per heavy atom. The number of nitrogens with zero attached hydrogens (tertiary/aromatic N) is 4. The fourth-order valence-corrected chi connectivity index (χ4v) is 3.39. The molecule has 0 aliphatic heterocycles. The molecule has 0 atom stereocenters. The van der Waals surface area contributed by atoms with Gasteiger partial charge in [0.15, 0.2) is 5.16 Å². The predicted molar refractivity (Wildman–Crippen MR) is 105 cm³/mol. The molecule has 5 nitrogen and oxygen atoms in total. The Morgan fingerprint density at radius 1 is 1.35 bits per heavy atom. The minimum absolute atomic E-state index is 0.181. The molecule has 0 N–H and O–H groups in total. The summed E-state index contributed by atoms with van der Waals surface area (Å²) in [6.07, 6.45) is 6.78. The summed E-state index contributed by atoms with van der Waals surface area (Å²) in [6.45, 7) is 4.13. The maximum Gasteiger partial charge on any atom is 0.260 e. The van der Waals surface area contributed by atoms with Gasteiger partial charge < -0.3 is 9.47 Å². The van der Waals surface area contributed by atoms with Crippen LogP contribution in [-0.2, 0) is 7.05 Å². The highest BCUT2D eigenvalue weighted by atomic mass is 35.5.